The lowest BCUT2D eigenvalue weighted by atomic mass is 10.4. The number of ether oxygens (including phenoxy) is 1. The Kier molecular flexibility index (Phi) is 10.1. The van der Waals surface area contributed by atoms with Gasteiger partial charge in [0, 0.05) is 5.57 Å². The average molecular weight is 160 g/mol. The highest BCUT2D eigenvalue weighted by atomic mass is 16.5. The average Bonchev–Trinajstić information content (AvgIpc) is 2.03. The highest BCUT2D eigenvalue weighted by Crippen LogP contribution is 1.89. The highest BCUT2D eigenvalue weighted by molar-refractivity contribution is 5.86. The second kappa shape index (κ2) is 8.84. The van der Waals surface area contributed by atoms with Crippen molar-refractivity contribution in [3.05, 3.63) is 12.2 Å². The van der Waals surface area contributed by atoms with Crippen LogP contribution in [0.15, 0.2) is 12.2 Å². The second-order valence-electron chi connectivity index (χ2n) is 1.64. The van der Waals surface area contributed by atoms with E-state index in [1.807, 2.05) is 6.79 Å². The molecule has 0 aliphatic rings. The summed E-state index contributed by atoms with van der Waals surface area (Å²) in [6.07, 6.45) is 0. The van der Waals surface area contributed by atoms with Crippen LogP contribution in [0.3, 0.4) is 0 Å². The fourth-order valence-corrected chi connectivity index (χ4v) is 0.262. The Morgan fingerprint density at radius 3 is 2.27 bits per heavy atom. The van der Waals surface area contributed by atoms with Crippen molar-refractivity contribution < 1.29 is 19.4 Å². The largest absolute Gasteiger partial charge is 0.460 e. The summed E-state index contributed by atoms with van der Waals surface area (Å²) in [5.74, 6) is -0.455. The molecule has 0 amide bonds. The van der Waals surface area contributed by atoms with Crippen molar-refractivity contribution in [1.29, 1.82) is 0 Å². The number of aliphatic hydroxyl groups is 1. The zero-order chi connectivity index (χ0) is 9.28. The number of aliphatic hydroxyl groups excluding tert-OH is 1. The van der Waals surface area contributed by atoms with Crippen LogP contribution in [0.2, 0.25) is 0 Å². The molecule has 0 radical (unpaired) electrons. The molecule has 0 spiro atoms. The van der Waals surface area contributed by atoms with Crippen LogP contribution in [0.25, 0.3) is 0 Å². The van der Waals surface area contributed by atoms with E-state index in [0.29, 0.717) is 5.57 Å². The van der Waals surface area contributed by atoms with Crippen LogP contribution in [0.5, 0.6) is 0 Å². The van der Waals surface area contributed by atoms with Gasteiger partial charge in [0.1, 0.15) is 13.4 Å². The molecule has 1 N–H and O–H groups in total. The first kappa shape index (κ1) is 12.5. The van der Waals surface area contributed by atoms with Crippen molar-refractivity contribution in [2.24, 2.45) is 0 Å². The van der Waals surface area contributed by atoms with Gasteiger partial charge in [-0.05, 0) is 6.92 Å². The standard InChI is InChI=1S/C6H10O3.CH2O/c1-5(2)6(8)9-4-3-7;1-2/h7H,1,3-4H2,2H3;1H2. The predicted molar refractivity (Wildman–Crippen MR) is 40.0 cm³/mol. The molecular formula is C7H12O4. The van der Waals surface area contributed by atoms with Gasteiger partial charge >= 0.3 is 5.97 Å². The number of esters is 1. The van der Waals surface area contributed by atoms with E-state index in [9.17, 15) is 4.79 Å². The van der Waals surface area contributed by atoms with Gasteiger partial charge in [0.2, 0.25) is 0 Å². The number of hydrogen-bond donors (Lipinski definition) is 1. The van der Waals surface area contributed by atoms with Crippen molar-refractivity contribution in [3.8, 4) is 0 Å². The molecule has 0 bridgehead atoms. The van der Waals surface area contributed by atoms with Gasteiger partial charge in [-0.1, -0.05) is 6.58 Å². The van der Waals surface area contributed by atoms with Gasteiger partial charge in [0.15, 0.2) is 0 Å². The Bertz CT molecular complexity index is 130. The van der Waals surface area contributed by atoms with E-state index in [1.54, 1.807) is 6.92 Å². The van der Waals surface area contributed by atoms with Gasteiger partial charge in [-0.3, -0.25) is 0 Å². The van der Waals surface area contributed by atoms with E-state index in [0.717, 1.165) is 0 Å². The van der Waals surface area contributed by atoms with Crippen LogP contribution in [0, 0.1) is 0 Å². The molecule has 0 heterocycles. The van der Waals surface area contributed by atoms with E-state index in [1.165, 1.54) is 0 Å². The zero-order valence-corrected chi connectivity index (χ0v) is 6.50. The normalized spacial score (nSPS) is 7.45. The van der Waals surface area contributed by atoms with Crippen molar-refractivity contribution in [2.75, 3.05) is 13.2 Å². The van der Waals surface area contributed by atoms with E-state index in [-0.39, 0.29) is 13.2 Å². The summed E-state index contributed by atoms with van der Waals surface area (Å²) in [6.45, 7) is 6.81. The molecule has 4 nitrogen and oxygen atoms in total. The van der Waals surface area contributed by atoms with Crippen LogP contribution in [-0.4, -0.2) is 31.1 Å². The van der Waals surface area contributed by atoms with E-state index < -0.39 is 5.97 Å². The van der Waals surface area contributed by atoms with Crippen LogP contribution < -0.4 is 0 Å². The predicted octanol–water partition coefficient (Wildman–Crippen LogP) is -0.0869. The van der Waals surface area contributed by atoms with Gasteiger partial charge in [-0.25, -0.2) is 4.79 Å². The molecule has 0 aromatic carbocycles. The summed E-state index contributed by atoms with van der Waals surface area (Å²) in [4.78, 5) is 18.5. The molecule has 64 valence electrons. The number of hydrogen-bond acceptors (Lipinski definition) is 4. The van der Waals surface area contributed by atoms with Crippen LogP contribution in [0.4, 0.5) is 0 Å². The molecule has 0 saturated carbocycles. The lowest BCUT2D eigenvalue weighted by molar-refractivity contribution is -0.139. The summed E-state index contributed by atoms with van der Waals surface area (Å²) >= 11 is 0. The monoisotopic (exact) mass is 160 g/mol. The molecule has 4 heteroatoms. The minimum Gasteiger partial charge on any atom is -0.460 e. The fraction of sp³-hybridized carbons (Fsp3) is 0.429. The lowest BCUT2D eigenvalue weighted by Gasteiger charge is -1.99. The highest BCUT2D eigenvalue weighted by Gasteiger charge is 1.99. The third-order valence-electron chi connectivity index (χ3n) is 0.673. The SMILES string of the molecule is C=C(C)C(=O)OCCO.C=O. The quantitative estimate of drug-likeness (QED) is 0.463. The molecule has 0 fully saturated rings. The fourth-order valence-electron chi connectivity index (χ4n) is 0.262. The molecular weight excluding hydrogens is 148 g/mol. The molecule has 0 aromatic rings. The third-order valence-corrected chi connectivity index (χ3v) is 0.673. The minimum absolute atomic E-state index is 0.0473. The van der Waals surface area contributed by atoms with Crippen molar-refractivity contribution >= 4 is 12.8 Å². The van der Waals surface area contributed by atoms with Gasteiger partial charge < -0.3 is 14.6 Å². The molecule has 0 atom stereocenters. The van der Waals surface area contributed by atoms with Gasteiger partial charge in [0.25, 0.3) is 0 Å². The van der Waals surface area contributed by atoms with Crippen molar-refractivity contribution in [3.63, 3.8) is 0 Å². The van der Waals surface area contributed by atoms with Crippen LogP contribution >= 0.6 is 0 Å². The van der Waals surface area contributed by atoms with E-state index >= 15 is 0 Å². The maximum Gasteiger partial charge on any atom is 0.333 e. The Labute approximate surface area is 65.5 Å². The van der Waals surface area contributed by atoms with Gasteiger partial charge in [0.05, 0.1) is 6.61 Å². The third kappa shape index (κ3) is 8.84. The zero-order valence-electron chi connectivity index (χ0n) is 6.50. The first-order valence-corrected chi connectivity index (χ1v) is 2.91. The van der Waals surface area contributed by atoms with Crippen LogP contribution in [-0.2, 0) is 14.3 Å². The Morgan fingerprint density at radius 1 is 1.55 bits per heavy atom. The van der Waals surface area contributed by atoms with Crippen molar-refractivity contribution in [2.45, 2.75) is 6.92 Å². The van der Waals surface area contributed by atoms with Crippen LogP contribution in [0.1, 0.15) is 6.92 Å². The second-order valence-corrected chi connectivity index (χ2v) is 1.64. The molecule has 0 rings (SSSR count). The molecule has 0 aliphatic carbocycles. The van der Waals surface area contributed by atoms with E-state index in [2.05, 4.69) is 11.3 Å². The topological polar surface area (TPSA) is 63.6 Å². The number of carbonyl (C=O) groups excluding carboxylic acids is 2. The lowest BCUT2D eigenvalue weighted by Crippen LogP contribution is -2.08. The first-order chi connectivity index (χ1) is 5.18. The van der Waals surface area contributed by atoms with Crippen molar-refractivity contribution in [1.82, 2.24) is 0 Å². The van der Waals surface area contributed by atoms with Gasteiger partial charge in [-0.15, -0.1) is 0 Å². The first-order valence-electron chi connectivity index (χ1n) is 2.91. The Hall–Kier alpha value is -1.16. The maximum atomic E-state index is 10.5. The Morgan fingerprint density at radius 2 is 2.00 bits per heavy atom. The summed E-state index contributed by atoms with van der Waals surface area (Å²) in [6, 6.07) is 0. The molecule has 0 saturated heterocycles. The Balaban J connectivity index is 0. The smallest absolute Gasteiger partial charge is 0.333 e. The number of carbonyl (C=O) groups is 2. The molecule has 11 heavy (non-hydrogen) atoms. The summed E-state index contributed by atoms with van der Waals surface area (Å²) in [5.41, 5.74) is 0.350. The minimum atomic E-state index is -0.455. The maximum absolute atomic E-state index is 10.5. The summed E-state index contributed by atoms with van der Waals surface area (Å²) in [7, 11) is 0. The molecule has 0 unspecified atom stereocenters. The molecule has 0 aromatic heterocycles. The molecule has 0 aliphatic heterocycles. The van der Waals surface area contributed by atoms with E-state index in [4.69, 9.17) is 9.90 Å². The summed E-state index contributed by atoms with van der Waals surface area (Å²) < 4.78 is 4.46. The van der Waals surface area contributed by atoms with Gasteiger partial charge in [-0.2, -0.15) is 0 Å². The number of rotatable bonds is 3. The summed E-state index contributed by atoms with van der Waals surface area (Å²) in [5, 5.41) is 8.19.